The van der Waals surface area contributed by atoms with E-state index in [1.807, 2.05) is 0 Å². The van der Waals surface area contributed by atoms with Gasteiger partial charge in [-0.2, -0.15) is 5.10 Å². The molecule has 84 valence electrons. The molecule has 0 amide bonds. The molecule has 0 aliphatic carbocycles. The highest BCUT2D eigenvalue weighted by Crippen LogP contribution is 2.07. The Morgan fingerprint density at radius 2 is 2.53 bits per heavy atom. The molecule has 1 atom stereocenters. The molecule has 2 rings (SSSR count). The number of nitrogens with one attached hydrogen (secondary N) is 3. The highest BCUT2D eigenvalue weighted by atomic mass is 15.2. The summed E-state index contributed by atoms with van der Waals surface area (Å²) < 4.78 is 0. The van der Waals surface area contributed by atoms with Crippen LogP contribution in [0.15, 0.2) is 6.33 Å². The Bertz CT molecular complexity index is 253. The Labute approximate surface area is 90.1 Å². The van der Waals surface area contributed by atoms with Crippen LogP contribution in [-0.4, -0.2) is 41.4 Å². The molecular weight excluding hydrogens is 190 g/mol. The number of aromatic amines is 1. The summed E-state index contributed by atoms with van der Waals surface area (Å²) in [6.07, 6.45) is 5.15. The molecule has 1 aliphatic heterocycles. The summed E-state index contributed by atoms with van der Waals surface area (Å²) in [5, 5.41) is 13.6. The predicted molar refractivity (Wildman–Crippen MR) is 58.6 cm³/mol. The highest BCUT2D eigenvalue weighted by Gasteiger charge is 2.11. The molecule has 3 N–H and O–H groups in total. The average molecular weight is 209 g/mol. The van der Waals surface area contributed by atoms with Crippen LogP contribution in [0.2, 0.25) is 0 Å². The molecule has 0 aromatic carbocycles. The Hall–Kier alpha value is -0.940. The lowest BCUT2D eigenvalue weighted by molar-refractivity contribution is 0.361. The molecular formula is C10H19N5. The number of nitrogens with zero attached hydrogens (tertiary/aromatic N) is 2. The van der Waals surface area contributed by atoms with Gasteiger partial charge in [0.1, 0.15) is 12.2 Å². The molecule has 5 nitrogen and oxygen atoms in total. The predicted octanol–water partition coefficient (Wildman–Crippen LogP) is -0.0636. The first-order chi connectivity index (χ1) is 7.45. The van der Waals surface area contributed by atoms with Crippen molar-refractivity contribution in [1.29, 1.82) is 0 Å². The lowest BCUT2D eigenvalue weighted by Crippen LogP contribution is -2.36. The Morgan fingerprint density at radius 1 is 1.53 bits per heavy atom. The monoisotopic (exact) mass is 209 g/mol. The van der Waals surface area contributed by atoms with Crippen LogP contribution < -0.4 is 10.6 Å². The lowest BCUT2D eigenvalue weighted by atomic mass is 10.00. The van der Waals surface area contributed by atoms with Gasteiger partial charge in [0.15, 0.2) is 0 Å². The van der Waals surface area contributed by atoms with Crippen molar-refractivity contribution in [1.82, 2.24) is 25.8 Å². The standard InChI is InChI=1S/C10H19N5/c1-2-9(6-11-4-1)7-12-5-3-10-13-8-14-15-10/h8-9,11-12H,1-7H2,(H,13,14,15). The molecule has 1 saturated heterocycles. The average Bonchev–Trinajstić information content (AvgIpc) is 2.79. The van der Waals surface area contributed by atoms with Crippen LogP contribution in [0.1, 0.15) is 18.7 Å². The van der Waals surface area contributed by atoms with Crippen molar-refractivity contribution in [3.8, 4) is 0 Å². The van der Waals surface area contributed by atoms with Gasteiger partial charge < -0.3 is 10.6 Å². The van der Waals surface area contributed by atoms with Gasteiger partial charge in [-0.15, -0.1) is 0 Å². The summed E-state index contributed by atoms with van der Waals surface area (Å²) in [5.74, 6) is 1.76. The maximum absolute atomic E-state index is 4.08. The number of piperidine rings is 1. The van der Waals surface area contributed by atoms with E-state index in [4.69, 9.17) is 0 Å². The van der Waals surface area contributed by atoms with E-state index in [0.717, 1.165) is 37.8 Å². The number of rotatable bonds is 5. The molecule has 1 aliphatic rings. The van der Waals surface area contributed by atoms with Gasteiger partial charge in [-0.05, 0) is 38.4 Å². The normalized spacial score (nSPS) is 21.7. The van der Waals surface area contributed by atoms with Gasteiger partial charge in [0.05, 0.1) is 0 Å². The minimum absolute atomic E-state index is 0.800. The van der Waals surface area contributed by atoms with E-state index in [1.54, 1.807) is 6.33 Å². The number of H-pyrrole nitrogens is 1. The zero-order valence-corrected chi connectivity index (χ0v) is 9.00. The summed E-state index contributed by atoms with van der Waals surface area (Å²) in [6, 6.07) is 0. The van der Waals surface area contributed by atoms with Gasteiger partial charge in [0, 0.05) is 13.0 Å². The highest BCUT2D eigenvalue weighted by molar-refractivity contribution is 4.81. The summed E-state index contributed by atoms with van der Waals surface area (Å²) in [4.78, 5) is 4.08. The van der Waals surface area contributed by atoms with E-state index in [0.29, 0.717) is 0 Å². The zero-order valence-electron chi connectivity index (χ0n) is 9.00. The molecule has 0 saturated carbocycles. The molecule has 5 heteroatoms. The van der Waals surface area contributed by atoms with Crippen LogP contribution in [0.5, 0.6) is 0 Å². The molecule has 0 radical (unpaired) electrons. The van der Waals surface area contributed by atoms with Crippen LogP contribution in [0.4, 0.5) is 0 Å². The van der Waals surface area contributed by atoms with Crippen LogP contribution in [0.25, 0.3) is 0 Å². The van der Waals surface area contributed by atoms with Crippen molar-refractivity contribution in [2.24, 2.45) is 5.92 Å². The molecule has 15 heavy (non-hydrogen) atoms. The largest absolute Gasteiger partial charge is 0.316 e. The van der Waals surface area contributed by atoms with Crippen molar-refractivity contribution in [2.75, 3.05) is 26.2 Å². The second-order valence-electron chi connectivity index (χ2n) is 4.10. The Kier molecular flexibility index (Phi) is 4.11. The minimum Gasteiger partial charge on any atom is -0.316 e. The van der Waals surface area contributed by atoms with Crippen molar-refractivity contribution in [3.05, 3.63) is 12.2 Å². The van der Waals surface area contributed by atoms with Gasteiger partial charge in [-0.25, -0.2) is 4.98 Å². The third-order valence-corrected chi connectivity index (χ3v) is 2.84. The first-order valence-electron chi connectivity index (χ1n) is 5.71. The maximum Gasteiger partial charge on any atom is 0.137 e. The van der Waals surface area contributed by atoms with Gasteiger partial charge in [0.2, 0.25) is 0 Å². The summed E-state index contributed by atoms with van der Waals surface area (Å²) in [7, 11) is 0. The number of hydrogen-bond donors (Lipinski definition) is 3. The van der Waals surface area contributed by atoms with Crippen molar-refractivity contribution in [3.63, 3.8) is 0 Å². The molecule has 1 unspecified atom stereocenters. The first-order valence-corrected chi connectivity index (χ1v) is 5.71. The first kappa shape index (κ1) is 10.6. The topological polar surface area (TPSA) is 65.6 Å². The van der Waals surface area contributed by atoms with Crippen LogP contribution in [0, 0.1) is 5.92 Å². The van der Waals surface area contributed by atoms with E-state index >= 15 is 0 Å². The summed E-state index contributed by atoms with van der Waals surface area (Å²) in [5.41, 5.74) is 0. The quantitative estimate of drug-likeness (QED) is 0.594. The second-order valence-corrected chi connectivity index (χ2v) is 4.10. The minimum atomic E-state index is 0.800. The Balaban J connectivity index is 1.54. The fourth-order valence-electron chi connectivity index (χ4n) is 1.96. The lowest BCUT2D eigenvalue weighted by Gasteiger charge is -2.22. The molecule has 0 spiro atoms. The SMILES string of the molecule is c1n[nH]c(CCNCC2CCCNC2)n1. The molecule has 0 bridgehead atoms. The third kappa shape index (κ3) is 3.60. The summed E-state index contributed by atoms with van der Waals surface area (Å²) >= 11 is 0. The van der Waals surface area contributed by atoms with E-state index in [2.05, 4.69) is 25.8 Å². The van der Waals surface area contributed by atoms with Crippen LogP contribution in [-0.2, 0) is 6.42 Å². The molecule has 2 heterocycles. The number of hydrogen-bond acceptors (Lipinski definition) is 4. The van der Waals surface area contributed by atoms with Crippen LogP contribution in [0.3, 0.4) is 0 Å². The Morgan fingerprint density at radius 3 is 3.27 bits per heavy atom. The number of aromatic nitrogens is 3. The van der Waals surface area contributed by atoms with Gasteiger partial charge in [0.25, 0.3) is 0 Å². The fraction of sp³-hybridized carbons (Fsp3) is 0.800. The van der Waals surface area contributed by atoms with Crippen LogP contribution >= 0.6 is 0 Å². The van der Waals surface area contributed by atoms with Crippen molar-refractivity contribution in [2.45, 2.75) is 19.3 Å². The third-order valence-electron chi connectivity index (χ3n) is 2.84. The maximum atomic E-state index is 4.08. The van der Waals surface area contributed by atoms with Gasteiger partial charge in [-0.3, -0.25) is 5.10 Å². The van der Waals surface area contributed by atoms with Gasteiger partial charge in [-0.1, -0.05) is 0 Å². The van der Waals surface area contributed by atoms with E-state index in [-0.39, 0.29) is 0 Å². The molecule has 1 aromatic heterocycles. The van der Waals surface area contributed by atoms with E-state index in [1.165, 1.54) is 19.4 Å². The molecule has 1 aromatic rings. The van der Waals surface area contributed by atoms with Crippen molar-refractivity contribution < 1.29 is 0 Å². The fourth-order valence-corrected chi connectivity index (χ4v) is 1.96. The molecule has 1 fully saturated rings. The smallest absolute Gasteiger partial charge is 0.137 e. The van der Waals surface area contributed by atoms with Gasteiger partial charge >= 0.3 is 0 Å². The van der Waals surface area contributed by atoms with E-state index < -0.39 is 0 Å². The zero-order chi connectivity index (χ0) is 10.3. The van der Waals surface area contributed by atoms with E-state index in [9.17, 15) is 0 Å². The van der Waals surface area contributed by atoms with Crippen molar-refractivity contribution >= 4 is 0 Å². The second kappa shape index (κ2) is 5.82. The summed E-state index contributed by atoms with van der Waals surface area (Å²) in [6.45, 7) is 4.44.